The molecule has 1 rings (SSSR count). The zero-order valence-corrected chi connectivity index (χ0v) is 13.3. The summed E-state index contributed by atoms with van der Waals surface area (Å²) >= 11 is 0. The zero-order valence-electron chi connectivity index (χ0n) is 12.5. The van der Waals surface area contributed by atoms with Crippen molar-refractivity contribution in [1.82, 2.24) is 10.0 Å². The average Bonchev–Trinajstić information content (AvgIpc) is 2.45. The second-order valence-corrected chi connectivity index (χ2v) is 6.52. The van der Waals surface area contributed by atoms with Gasteiger partial charge in [-0.1, -0.05) is 6.92 Å². The molecule has 0 heterocycles. The normalized spacial score (nSPS) is 11.2. The zero-order chi connectivity index (χ0) is 16.0. The number of nitrogens with one attached hydrogen (secondary N) is 2. The van der Waals surface area contributed by atoms with Gasteiger partial charge in [-0.05, 0) is 31.7 Å². The molecule has 0 bridgehead atoms. The molecule has 0 saturated carbocycles. The first kappa shape index (κ1) is 17.3. The molecule has 0 aliphatic carbocycles. The molecular formula is C13H22N4O3S. The second-order valence-electron chi connectivity index (χ2n) is 4.63. The third kappa shape index (κ3) is 4.61. The minimum atomic E-state index is -3.55. The van der Waals surface area contributed by atoms with E-state index in [1.54, 1.807) is 11.9 Å². The van der Waals surface area contributed by atoms with Crippen molar-refractivity contribution >= 4 is 27.3 Å². The maximum Gasteiger partial charge on any atom is 0.240 e. The Labute approximate surface area is 125 Å². The molecule has 1 aromatic carbocycles. The van der Waals surface area contributed by atoms with Crippen LogP contribution in [0, 0.1) is 0 Å². The van der Waals surface area contributed by atoms with Crippen molar-refractivity contribution in [3.8, 4) is 0 Å². The highest BCUT2D eigenvalue weighted by atomic mass is 32.2. The van der Waals surface area contributed by atoms with Crippen LogP contribution in [0.25, 0.3) is 0 Å². The number of likely N-dealkylation sites (N-methyl/N-ethyl adjacent to an activating group) is 1. The maximum atomic E-state index is 11.8. The molecule has 8 heteroatoms. The molecule has 0 aliphatic heterocycles. The quantitative estimate of drug-likeness (QED) is 0.621. The highest BCUT2D eigenvalue weighted by molar-refractivity contribution is 7.89. The number of nitrogens with two attached hydrogens (primary N) is 1. The Morgan fingerprint density at radius 3 is 2.62 bits per heavy atom. The molecule has 21 heavy (non-hydrogen) atoms. The minimum Gasteiger partial charge on any atom is -0.397 e. The number of benzene rings is 1. The van der Waals surface area contributed by atoms with Crippen molar-refractivity contribution in [3.63, 3.8) is 0 Å². The topological polar surface area (TPSA) is 105 Å². The number of hydrogen-bond donors (Lipinski definition) is 3. The van der Waals surface area contributed by atoms with Crippen molar-refractivity contribution < 1.29 is 13.2 Å². The number of carbonyl (C=O) groups excluding carboxylic acids is 1. The molecule has 1 aromatic rings. The lowest BCUT2D eigenvalue weighted by molar-refractivity contribution is -0.119. The van der Waals surface area contributed by atoms with E-state index in [4.69, 9.17) is 5.73 Å². The van der Waals surface area contributed by atoms with Gasteiger partial charge in [0, 0.05) is 13.6 Å². The molecule has 0 spiro atoms. The summed E-state index contributed by atoms with van der Waals surface area (Å²) in [5, 5.41) is 2.76. The summed E-state index contributed by atoms with van der Waals surface area (Å²) in [6, 6.07) is 4.39. The Morgan fingerprint density at radius 1 is 1.38 bits per heavy atom. The summed E-state index contributed by atoms with van der Waals surface area (Å²) < 4.78 is 25.8. The average molecular weight is 314 g/mol. The molecule has 118 valence electrons. The first-order valence-corrected chi connectivity index (χ1v) is 8.11. The fourth-order valence-corrected chi connectivity index (χ4v) is 2.51. The van der Waals surface area contributed by atoms with Crippen LogP contribution in [-0.4, -0.2) is 41.5 Å². The van der Waals surface area contributed by atoms with E-state index < -0.39 is 10.0 Å². The molecule has 1 amide bonds. The lowest BCUT2D eigenvalue weighted by atomic mass is 10.2. The predicted octanol–water partition coefficient (Wildman–Crippen LogP) is 0.139. The van der Waals surface area contributed by atoms with E-state index in [-0.39, 0.29) is 17.3 Å². The molecular weight excluding hydrogens is 292 g/mol. The third-order valence-electron chi connectivity index (χ3n) is 2.95. The molecule has 0 aliphatic rings. The van der Waals surface area contributed by atoms with E-state index in [0.717, 1.165) is 6.42 Å². The second kappa shape index (κ2) is 7.28. The smallest absolute Gasteiger partial charge is 0.240 e. The van der Waals surface area contributed by atoms with Gasteiger partial charge in [-0.2, -0.15) is 0 Å². The summed E-state index contributed by atoms with van der Waals surface area (Å²) in [5.74, 6) is -0.138. The number of carbonyl (C=O) groups is 1. The standard InChI is InChI=1S/C13H22N4O3S/c1-4-7-16-13(18)9-17(3)12-8-10(5-6-11(12)14)21(19,20)15-2/h5-6,8,15H,4,7,9,14H2,1-3H3,(H,16,18). The Balaban J connectivity index is 2.96. The maximum absolute atomic E-state index is 11.8. The van der Waals surface area contributed by atoms with Gasteiger partial charge in [-0.3, -0.25) is 4.79 Å². The van der Waals surface area contributed by atoms with E-state index in [1.165, 1.54) is 25.2 Å². The highest BCUT2D eigenvalue weighted by Gasteiger charge is 2.16. The molecule has 0 saturated heterocycles. The van der Waals surface area contributed by atoms with Crippen LogP contribution < -0.4 is 20.7 Å². The number of rotatable bonds is 7. The Kier molecular flexibility index (Phi) is 5.98. The number of nitrogens with zero attached hydrogens (tertiary/aromatic N) is 1. The van der Waals surface area contributed by atoms with Gasteiger partial charge in [-0.15, -0.1) is 0 Å². The first-order chi connectivity index (χ1) is 9.81. The summed E-state index contributed by atoms with van der Waals surface area (Å²) in [4.78, 5) is 13.4. The summed E-state index contributed by atoms with van der Waals surface area (Å²) in [6.45, 7) is 2.68. The number of anilines is 2. The van der Waals surface area contributed by atoms with E-state index >= 15 is 0 Å². The van der Waals surface area contributed by atoms with E-state index in [9.17, 15) is 13.2 Å². The Hall–Kier alpha value is -1.80. The molecule has 7 nitrogen and oxygen atoms in total. The van der Waals surface area contributed by atoms with Gasteiger partial charge >= 0.3 is 0 Å². The van der Waals surface area contributed by atoms with Crippen molar-refractivity contribution in [1.29, 1.82) is 0 Å². The van der Waals surface area contributed by atoms with Crippen LogP contribution in [0.3, 0.4) is 0 Å². The Morgan fingerprint density at radius 2 is 2.05 bits per heavy atom. The van der Waals surface area contributed by atoms with Crippen molar-refractivity contribution in [2.45, 2.75) is 18.2 Å². The third-order valence-corrected chi connectivity index (χ3v) is 4.36. The van der Waals surface area contributed by atoms with Gasteiger partial charge in [0.05, 0.1) is 22.8 Å². The first-order valence-electron chi connectivity index (χ1n) is 6.62. The Bertz CT molecular complexity index is 601. The van der Waals surface area contributed by atoms with Crippen LogP contribution in [0.1, 0.15) is 13.3 Å². The summed E-state index contributed by atoms with van der Waals surface area (Å²) in [6.07, 6.45) is 0.855. The van der Waals surface area contributed by atoms with Crippen LogP contribution in [-0.2, 0) is 14.8 Å². The monoisotopic (exact) mass is 314 g/mol. The van der Waals surface area contributed by atoms with Crippen molar-refractivity contribution in [2.75, 3.05) is 37.8 Å². The van der Waals surface area contributed by atoms with Gasteiger partial charge < -0.3 is 16.0 Å². The largest absolute Gasteiger partial charge is 0.397 e. The summed E-state index contributed by atoms with van der Waals surface area (Å²) in [5.41, 5.74) is 6.77. The fourth-order valence-electron chi connectivity index (χ4n) is 1.76. The predicted molar refractivity (Wildman–Crippen MR) is 83.7 cm³/mol. The van der Waals surface area contributed by atoms with Crippen molar-refractivity contribution in [3.05, 3.63) is 18.2 Å². The van der Waals surface area contributed by atoms with Crippen LogP contribution in [0.5, 0.6) is 0 Å². The van der Waals surface area contributed by atoms with E-state index in [1.807, 2.05) is 6.92 Å². The fraction of sp³-hybridized carbons (Fsp3) is 0.462. The van der Waals surface area contributed by atoms with Gasteiger partial charge in [-0.25, -0.2) is 13.1 Å². The summed E-state index contributed by atoms with van der Waals surface area (Å²) in [7, 11) is -0.518. The molecule has 4 N–H and O–H groups in total. The minimum absolute atomic E-state index is 0.104. The lowest BCUT2D eigenvalue weighted by Gasteiger charge is -2.21. The highest BCUT2D eigenvalue weighted by Crippen LogP contribution is 2.25. The van der Waals surface area contributed by atoms with Gasteiger partial charge in [0.25, 0.3) is 0 Å². The molecule has 0 unspecified atom stereocenters. The molecule has 0 radical (unpaired) electrons. The van der Waals surface area contributed by atoms with Crippen LogP contribution in [0.15, 0.2) is 23.1 Å². The lowest BCUT2D eigenvalue weighted by Crippen LogP contribution is -2.35. The van der Waals surface area contributed by atoms with Gasteiger partial charge in [0.1, 0.15) is 0 Å². The van der Waals surface area contributed by atoms with E-state index in [0.29, 0.717) is 17.9 Å². The van der Waals surface area contributed by atoms with Crippen LogP contribution in [0.2, 0.25) is 0 Å². The molecule has 0 atom stereocenters. The number of sulfonamides is 1. The van der Waals surface area contributed by atoms with Gasteiger partial charge in [0.2, 0.25) is 15.9 Å². The van der Waals surface area contributed by atoms with Crippen molar-refractivity contribution in [2.24, 2.45) is 0 Å². The molecule has 0 aromatic heterocycles. The van der Waals surface area contributed by atoms with Gasteiger partial charge in [0.15, 0.2) is 0 Å². The van der Waals surface area contributed by atoms with Crippen LogP contribution >= 0.6 is 0 Å². The SMILES string of the molecule is CCCNC(=O)CN(C)c1cc(S(=O)(=O)NC)ccc1N. The number of nitrogen functional groups attached to an aromatic ring is 1. The molecule has 0 fully saturated rings. The number of hydrogen-bond acceptors (Lipinski definition) is 5. The van der Waals surface area contributed by atoms with Crippen LogP contribution in [0.4, 0.5) is 11.4 Å². The number of amides is 1. The van der Waals surface area contributed by atoms with E-state index in [2.05, 4.69) is 10.0 Å².